The molecule has 0 aliphatic carbocycles. The van der Waals surface area contributed by atoms with Crippen LogP contribution in [0.4, 0.5) is 0 Å². The summed E-state index contributed by atoms with van der Waals surface area (Å²) in [5.74, 6) is 1.32. The highest BCUT2D eigenvalue weighted by molar-refractivity contribution is 9.10. The Balaban J connectivity index is 2.11. The van der Waals surface area contributed by atoms with E-state index in [1.807, 2.05) is 0 Å². The van der Waals surface area contributed by atoms with Gasteiger partial charge in [0.25, 0.3) is 0 Å². The predicted molar refractivity (Wildman–Crippen MR) is 91.6 cm³/mol. The van der Waals surface area contributed by atoms with Crippen molar-refractivity contribution in [3.8, 4) is 0 Å². The lowest BCUT2D eigenvalue weighted by molar-refractivity contribution is 0.469. The summed E-state index contributed by atoms with van der Waals surface area (Å²) in [5, 5.41) is 9.14. The van der Waals surface area contributed by atoms with Crippen LogP contribution in [0.3, 0.4) is 0 Å². The van der Waals surface area contributed by atoms with E-state index in [0.717, 1.165) is 24.6 Å². The average molecular weight is 360 g/mol. The van der Waals surface area contributed by atoms with Crippen molar-refractivity contribution in [2.45, 2.75) is 57.2 Å². The van der Waals surface area contributed by atoms with Gasteiger partial charge in [0, 0.05) is 24.8 Å². The third-order valence-electron chi connectivity index (χ3n) is 3.99. The highest BCUT2D eigenvalue weighted by Gasteiger charge is 2.27. The fraction of sp³-hybridized carbons (Fsp3) is 0.800. The van der Waals surface area contributed by atoms with Gasteiger partial charge in [0.1, 0.15) is 0 Å². The molecular formula is C15H26BrN3S. The van der Waals surface area contributed by atoms with E-state index in [0.29, 0.717) is 6.04 Å². The monoisotopic (exact) mass is 359 g/mol. The fourth-order valence-corrected chi connectivity index (χ4v) is 5.01. The van der Waals surface area contributed by atoms with Crippen LogP contribution in [-0.4, -0.2) is 33.4 Å². The summed E-state index contributed by atoms with van der Waals surface area (Å²) in [6.07, 6.45) is 5.97. The molecule has 0 saturated carbocycles. The Morgan fingerprint density at radius 1 is 1.50 bits per heavy atom. The molecule has 1 aromatic heterocycles. The predicted octanol–water partition coefficient (Wildman–Crippen LogP) is 3.55. The molecular weight excluding hydrogens is 334 g/mol. The third-order valence-corrected chi connectivity index (χ3v) is 6.42. The normalized spacial score (nSPS) is 20.5. The maximum Gasteiger partial charge on any atom is 0.0766 e. The summed E-state index contributed by atoms with van der Waals surface area (Å²) in [4.78, 5) is 0. The van der Waals surface area contributed by atoms with Crippen molar-refractivity contribution < 1.29 is 0 Å². The fourth-order valence-electron chi connectivity index (χ4n) is 2.83. The molecule has 2 heterocycles. The zero-order valence-electron chi connectivity index (χ0n) is 12.8. The van der Waals surface area contributed by atoms with Crippen LogP contribution in [0, 0.1) is 0 Å². The second-order valence-electron chi connectivity index (χ2n) is 5.50. The van der Waals surface area contributed by atoms with Gasteiger partial charge in [0.15, 0.2) is 0 Å². The van der Waals surface area contributed by atoms with Crippen molar-refractivity contribution in [3.63, 3.8) is 0 Å². The molecule has 0 aromatic carbocycles. The van der Waals surface area contributed by atoms with Crippen LogP contribution in [0.2, 0.25) is 0 Å². The Kier molecular flexibility index (Phi) is 6.43. The van der Waals surface area contributed by atoms with Gasteiger partial charge in [-0.05, 0) is 53.9 Å². The van der Waals surface area contributed by atoms with Gasteiger partial charge in [0.2, 0.25) is 0 Å². The molecule has 20 heavy (non-hydrogen) atoms. The molecule has 0 bridgehead atoms. The van der Waals surface area contributed by atoms with Crippen LogP contribution in [0.5, 0.6) is 0 Å². The van der Waals surface area contributed by atoms with Crippen LogP contribution < -0.4 is 5.32 Å². The molecule has 1 fully saturated rings. The quantitative estimate of drug-likeness (QED) is 0.807. The van der Waals surface area contributed by atoms with Crippen LogP contribution in [0.1, 0.15) is 44.5 Å². The Labute approximate surface area is 135 Å². The summed E-state index contributed by atoms with van der Waals surface area (Å²) in [5.41, 5.74) is 2.51. The van der Waals surface area contributed by atoms with E-state index >= 15 is 0 Å². The first kappa shape index (κ1) is 16.4. The molecule has 1 aromatic rings. The van der Waals surface area contributed by atoms with Gasteiger partial charge in [0.05, 0.1) is 15.9 Å². The number of thioether (sulfide) groups is 1. The third kappa shape index (κ3) is 3.80. The van der Waals surface area contributed by atoms with Crippen molar-refractivity contribution in [1.82, 2.24) is 15.1 Å². The Hall–Kier alpha value is -0.000000000000000111. The summed E-state index contributed by atoms with van der Waals surface area (Å²) >= 11 is 5.89. The van der Waals surface area contributed by atoms with Crippen molar-refractivity contribution in [2.75, 3.05) is 12.3 Å². The summed E-state index contributed by atoms with van der Waals surface area (Å²) in [6, 6.07) is 0.568. The first-order chi connectivity index (χ1) is 9.67. The smallest absolute Gasteiger partial charge is 0.0766 e. The number of nitrogens with one attached hydrogen (secondary N) is 1. The summed E-state index contributed by atoms with van der Waals surface area (Å²) in [6.45, 7) is 5.51. The second kappa shape index (κ2) is 7.85. The average Bonchev–Trinajstić information content (AvgIpc) is 3.05. The van der Waals surface area contributed by atoms with Crippen LogP contribution in [0.15, 0.2) is 4.47 Å². The lowest BCUT2D eigenvalue weighted by atomic mass is 10.0. The van der Waals surface area contributed by atoms with Crippen molar-refractivity contribution in [3.05, 3.63) is 15.9 Å². The SMILES string of the molecule is CCCNC(Cc1c(Br)c(CC)nn1C)C1CCCS1. The Morgan fingerprint density at radius 2 is 2.30 bits per heavy atom. The molecule has 0 spiro atoms. The molecule has 5 heteroatoms. The van der Waals surface area contributed by atoms with E-state index in [4.69, 9.17) is 0 Å². The first-order valence-corrected chi connectivity index (χ1v) is 9.56. The molecule has 2 atom stereocenters. The molecule has 114 valence electrons. The summed E-state index contributed by atoms with van der Waals surface area (Å²) < 4.78 is 3.28. The maximum absolute atomic E-state index is 4.62. The largest absolute Gasteiger partial charge is 0.312 e. The minimum absolute atomic E-state index is 0.568. The summed E-state index contributed by atoms with van der Waals surface area (Å²) in [7, 11) is 2.07. The number of hydrogen-bond donors (Lipinski definition) is 1. The minimum atomic E-state index is 0.568. The molecule has 2 rings (SSSR count). The number of aromatic nitrogens is 2. The van der Waals surface area contributed by atoms with E-state index in [9.17, 15) is 0 Å². The van der Waals surface area contributed by atoms with E-state index in [1.54, 1.807) is 0 Å². The molecule has 1 saturated heterocycles. The molecule has 0 radical (unpaired) electrons. The molecule has 1 aliphatic rings. The highest BCUT2D eigenvalue weighted by atomic mass is 79.9. The number of rotatable bonds is 7. The zero-order chi connectivity index (χ0) is 14.5. The van der Waals surface area contributed by atoms with Gasteiger partial charge < -0.3 is 5.32 Å². The number of hydrogen-bond acceptors (Lipinski definition) is 3. The van der Waals surface area contributed by atoms with Gasteiger partial charge in [-0.25, -0.2) is 0 Å². The topological polar surface area (TPSA) is 29.9 Å². The highest BCUT2D eigenvalue weighted by Crippen LogP contribution is 2.32. The van der Waals surface area contributed by atoms with Crippen LogP contribution >= 0.6 is 27.7 Å². The second-order valence-corrected chi connectivity index (χ2v) is 7.64. The molecule has 3 nitrogen and oxygen atoms in total. The van der Waals surface area contributed by atoms with Gasteiger partial charge in [-0.2, -0.15) is 16.9 Å². The molecule has 2 unspecified atom stereocenters. The van der Waals surface area contributed by atoms with E-state index in [2.05, 4.69) is 63.7 Å². The molecule has 1 N–H and O–H groups in total. The molecule has 1 aliphatic heterocycles. The standard InChI is InChI=1S/C15H26BrN3S/c1-4-8-17-12(14-7-6-9-20-14)10-13-15(16)11(5-2)18-19(13)3/h12,14,17H,4-10H2,1-3H3. The van der Waals surface area contributed by atoms with Gasteiger partial charge in [-0.15, -0.1) is 0 Å². The van der Waals surface area contributed by atoms with Gasteiger partial charge in [-0.3, -0.25) is 4.68 Å². The number of aryl methyl sites for hydroxylation is 2. The van der Waals surface area contributed by atoms with Crippen LogP contribution in [0.25, 0.3) is 0 Å². The van der Waals surface area contributed by atoms with Crippen molar-refractivity contribution >= 4 is 27.7 Å². The maximum atomic E-state index is 4.62. The van der Waals surface area contributed by atoms with Crippen LogP contribution in [-0.2, 0) is 19.9 Å². The van der Waals surface area contributed by atoms with Crippen molar-refractivity contribution in [2.24, 2.45) is 7.05 Å². The lowest BCUT2D eigenvalue weighted by Crippen LogP contribution is -2.40. The Morgan fingerprint density at radius 3 is 2.85 bits per heavy atom. The van der Waals surface area contributed by atoms with Gasteiger partial charge in [-0.1, -0.05) is 13.8 Å². The first-order valence-electron chi connectivity index (χ1n) is 7.72. The minimum Gasteiger partial charge on any atom is -0.312 e. The van der Waals surface area contributed by atoms with E-state index < -0.39 is 0 Å². The number of halogens is 1. The Bertz CT molecular complexity index is 427. The van der Waals surface area contributed by atoms with Gasteiger partial charge >= 0.3 is 0 Å². The van der Waals surface area contributed by atoms with E-state index in [-0.39, 0.29) is 0 Å². The number of nitrogens with zero attached hydrogens (tertiary/aromatic N) is 2. The zero-order valence-corrected chi connectivity index (χ0v) is 15.2. The van der Waals surface area contributed by atoms with Crippen molar-refractivity contribution in [1.29, 1.82) is 0 Å². The molecule has 0 amide bonds. The van der Waals surface area contributed by atoms with E-state index in [1.165, 1.54) is 40.9 Å². The lowest BCUT2D eigenvalue weighted by Gasteiger charge is -2.24.